The highest BCUT2D eigenvalue weighted by atomic mass is 16.6. The monoisotopic (exact) mass is 257 g/mol. The molecule has 1 heterocycles. The van der Waals surface area contributed by atoms with Crippen LogP contribution in [-0.2, 0) is 16.1 Å². The van der Waals surface area contributed by atoms with Crippen LogP contribution >= 0.6 is 0 Å². The summed E-state index contributed by atoms with van der Waals surface area (Å²) >= 11 is 0. The van der Waals surface area contributed by atoms with E-state index in [0.29, 0.717) is 19.7 Å². The topological polar surface area (TPSA) is 49.8 Å². The Kier molecular flexibility index (Phi) is 3.19. The Labute approximate surface area is 111 Å². The maximum absolute atomic E-state index is 11.7. The van der Waals surface area contributed by atoms with Crippen molar-refractivity contribution < 1.29 is 14.6 Å². The smallest absolute Gasteiger partial charge is 0.279 e. The SMILES string of the molecule is O=C1C(O)OCCN1Cc1ccc2ccccc2c1. The summed E-state index contributed by atoms with van der Waals surface area (Å²) in [6.45, 7) is 1.40. The summed E-state index contributed by atoms with van der Waals surface area (Å²) in [7, 11) is 0. The molecule has 1 atom stereocenters. The number of nitrogens with zero attached hydrogens (tertiary/aromatic N) is 1. The minimum absolute atomic E-state index is 0.362. The van der Waals surface area contributed by atoms with E-state index in [4.69, 9.17) is 4.74 Å². The van der Waals surface area contributed by atoms with Crippen molar-refractivity contribution in [2.75, 3.05) is 13.2 Å². The fourth-order valence-electron chi connectivity index (χ4n) is 2.33. The number of hydrogen-bond acceptors (Lipinski definition) is 3. The number of aliphatic hydroxyl groups is 1. The molecular formula is C15H15NO3. The van der Waals surface area contributed by atoms with Gasteiger partial charge in [-0.3, -0.25) is 4.79 Å². The van der Waals surface area contributed by atoms with Crippen LogP contribution in [-0.4, -0.2) is 35.4 Å². The van der Waals surface area contributed by atoms with E-state index in [9.17, 15) is 9.90 Å². The molecule has 0 bridgehead atoms. The standard InChI is InChI=1S/C15H15NO3/c17-14-15(18)19-8-7-16(14)10-11-5-6-12-3-1-2-4-13(12)9-11/h1-6,9,15,18H,7-8,10H2. The highest BCUT2D eigenvalue weighted by Crippen LogP contribution is 2.18. The first kappa shape index (κ1) is 12.1. The zero-order valence-electron chi connectivity index (χ0n) is 10.5. The molecule has 1 aliphatic heterocycles. The van der Waals surface area contributed by atoms with Crippen molar-refractivity contribution in [2.24, 2.45) is 0 Å². The molecule has 98 valence electrons. The summed E-state index contributed by atoms with van der Waals surface area (Å²) in [6, 6.07) is 14.2. The molecule has 1 amide bonds. The first-order valence-corrected chi connectivity index (χ1v) is 6.30. The fourth-order valence-corrected chi connectivity index (χ4v) is 2.33. The lowest BCUT2D eigenvalue weighted by molar-refractivity contribution is -0.184. The normalized spacial score (nSPS) is 19.9. The number of hydrogen-bond donors (Lipinski definition) is 1. The van der Waals surface area contributed by atoms with Crippen LogP contribution in [0, 0.1) is 0 Å². The predicted octanol–water partition coefficient (Wildman–Crippen LogP) is 1.52. The molecule has 0 spiro atoms. The summed E-state index contributed by atoms with van der Waals surface area (Å²) < 4.78 is 4.89. The third kappa shape index (κ3) is 2.45. The van der Waals surface area contributed by atoms with E-state index < -0.39 is 6.29 Å². The quantitative estimate of drug-likeness (QED) is 0.887. The molecule has 4 heteroatoms. The Hall–Kier alpha value is -1.91. The van der Waals surface area contributed by atoms with Gasteiger partial charge in [0.25, 0.3) is 5.91 Å². The second-order valence-electron chi connectivity index (χ2n) is 4.66. The number of benzene rings is 2. The average molecular weight is 257 g/mol. The molecule has 1 unspecified atom stereocenters. The molecule has 0 aromatic heterocycles. The number of carbonyl (C=O) groups is 1. The van der Waals surface area contributed by atoms with Crippen LogP contribution in [0.15, 0.2) is 42.5 Å². The average Bonchev–Trinajstić information content (AvgIpc) is 2.44. The van der Waals surface area contributed by atoms with Crippen molar-refractivity contribution in [3.8, 4) is 0 Å². The van der Waals surface area contributed by atoms with Gasteiger partial charge in [0.15, 0.2) is 0 Å². The van der Waals surface area contributed by atoms with E-state index >= 15 is 0 Å². The number of fused-ring (bicyclic) bond motifs is 1. The first-order chi connectivity index (χ1) is 9.24. The second-order valence-corrected chi connectivity index (χ2v) is 4.66. The molecule has 1 N–H and O–H groups in total. The van der Waals surface area contributed by atoms with E-state index in [-0.39, 0.29) is 5.91 Å². The largest absolute Gasteiger partial charge is 0.361 e. The van der Waals surface area contributed by atoms with Gasteiger partial charge in [-0.25, -0.2) is 0 Å². The van der Waals surface area contributed by atoms with Crippen molar-refractivity contribution in [1.82, 2.24) is 4.90 Å². The number of carbonyl (C=O) groups excluding carboxylic acids is 1. The molecular weight excluding hydrogens is 242 g/mol. The lowest BCUT2D eigenvalue weighted by atomic mass is 10.1. The van der Waals surface area contributed by atoms with Crippen LogP contribution in [0.5, 0.6) is 0 Å². The number of morpholine rings is 1. The zero-order valence-corrected chi connectivity index (χ0v) is 10.5. The van der Waals surface area contributed by atoms with Gasteiger partial charge in [0.2, 0.25) is 6.29 Å². The van der Waals surface area contributed by atoms with Crippen molar-refractivity contribution >= 4 is 16.7 Å². The van der Waals surface area contributed by atoms with Gasteiger partial charge in [-0.05, 0) is 22.4 Å². The molecule has 2 aromatic carbocycles. The Balaban J connectivity index is 1.83. The van der Waals surface area contributed by atoms with Crippen molar-refractivity contribution in [1.29, 1.82) is 0 Å². The molecule has 0 saturated carbocycles. The molecule has 19 heavy (non-hydrogen) atoms. The van der Waals surface area contributed by atoms with Gasteiger partial charge in [-0.2, -0.15) is 0 Å². The lowest BCUT2D eigenvalue weighted by Gasteiger charge is -2.29. The van der Waals surface area contributed by atoms with Crippen LogP contribution in [0.3, 0.4) is 0 Å². The Morgan fingerprint density at radius 2 is 2.00 bits per heavy atom. The Bertz CT molecular complexity index is 611. The lowest BCUT2D eigenvalue weighted by Crippen LogP contribution is -2.47. The van der Waals surface area contributed by atoms with E-state index in [1.807, 2.05) is 24.3 Å². The first-order valence-electron chi connectivity index (χ1n) is 6.30. The van der Waals surface area contributed by atoms with Crippen LogP contribution in [0.1, 0.15) is 5.56 Å². The summed E-state index contributed by atoms with van der Waals surface area (Å²) in [5, 5.41) is 11.7. The van der Waals surface area contributed by atoms with Gasteiger partial charge >= 0.3 is 0 Å². The van der Waals surface area contributed by atoms with E-state index in [2.05, 4.69) is 18.2 Å². The maximum atomic E-state index is 11.7. The van der Waals surface area contributed by atoms with Crippen molar-refractivity contribution in [3.63, 3.8) is 0 Å². The van der Waals surface area contributed by atoms with Gasteiger partial charge in [-0.15, -0.1) is 0 Å². The van der Waals surface area contributed by atoms with Crippen molar-refractivity contribution in [2.45, 2.75) is 12.8 Å². The maximum Gasteiger partial charge on any atom is 0.279 e. The molecule has 0 aliphatic carbocycles. The minimum Gasteiger partial charge on any atom is -0.361 e. The van der Waals surface area contributed by atoms with E-state index in [1.165, 1.54) is 5.39 Å². The molecule has 3 rings (SSSR count). The molecule has 4 nitrogen and oxygen atoms in total. The Morgan fingerprint density at radius 1 is 1.21 bits per heavy atom. The zero-order chi connectivity index (χ0) is 13.2. The molecule has 1 aliphatic rings. The van der Waals surface area contributed by atoms with E-state index in [0.717, 1.165) is 10.9 Å². The van der Waals surface area contributed by atoms with Crippen molar-refractivity contribution in [3.05, 3.63) is 48.0 Å². The van der Waals surface area contributed by atoms with Gasteiger partial charge in [0.1, 0.15) is 0 Å². The van der Waals surface area contributed by atoms with Crippen LogP contribution in [0.2, 0.25) is 0 Å². The highest BCUT2D eigenvalue weighted by molar-refractivity contribution is 5.83. The second kappa shape index (κ2) is 4.99. The van der Waals surface area contributed by atoms with Gasteiger partial charge in [-0.1, -0.05) is 36.4 Å². The molecule has 1 saturated heterocycles. The molecule has 2 aromatic rings. The number of aliphatic hydroxyl groups excluding tert-OH is 1. The number of ether oxygens (including phenoxy) is 1. The van der Waals surface area contributed by atoms with Gasteiger partial charge in [0, 0.05) is 13.1 Å². The Morgan fingerprint density at radius 3 is 2.84 bits per heavy atom. The molecule has 0 radical (unpaired) electrons. The van der Waals surface area contributed by atoms with E-state index in [1.54, 1.807) is 4.90 Å². The highest BCUT2D eigenvalue weighted by Gasteiger charge is 2.27. The third-order valence-electron chi connectivity index (χ3n) is 3.35. The predicted molar refractivity (Wildman–Crippen MR) is 71.3 cm³/mol. The van der Waals surface area contributed by atoms with Crippen LogP contribution in [0.4, 0.5) is 0 Å². The summed E-state index contributed by atoms with van der Waals surface area (Å²) in [5.74, 6) is -0.362. The van der Waals surface area contributed by atoms with Crippen LogP contribution < -0.4 is 0 Å². The minimum atomic E-state index is -1.31. The van der Waals surface area contributed by atoms with Crippen LogP contribution in [0.25, 0.3) is 10.8 Å². The number of rotatable bonds is 2. The summed E-state index contributed by atoms with van der Waals surface area (Å²) in [6.07, 6.45) is -1.31. The molecule has 1 fully saturated rings. The summed E-state index contributed by atoms with van der Waals surface area (Å²) in [4.78, 5) is 13.4. The third-order valence-corrected chi connectivity index (χ3v) is 3.35. The number of amides is 1. The fraction of sp³-hybridized carbons (Fsp3) is 0.267. The van der Waals surface area contributed by atoms with Gasteiger partial charge in [0.05, 0.1) is 6.61 Å². The summed E-state index contributed by atoms with van der Waals surface area (Å²) in [5.41, 5.74) is 1.06. The van der Waals surface area contributed by atoms with Gasteiger partial charge < -0.3 is 14.7 Å².